The highest BCUT2D eigenvalue weighted by molar-refractivity contribution is 7.98. The molecule has 29 heavy (non-hydrogen) atoms. The average molecular weight is 420 g/mol. The van der Waals surface area contributed by atoms with Gasteiger partial charge in [0.25, 0.3) is 0 Å². The minimum Gasteiger partial charge on any atom is -0.446 e. The number of fused-ring (bicyclic) bond motifs is 1. The summed E-state index contributed by atoms with van der Waals surface area (Å²) in [7, 11) is 0. The Bertz CT molecular complexity index is 1090. The van der Waals surface area contributed by atoms with Crippen molar-refractivity contribution in [3.05, 3.63) is 77.6 Å². The molecule has 10 heteroatoms. The second-order valence-corrected chi connectivity index (χ2v) is 6.68. The number of guanidine groups is 1. The molecule has 3 aromatic rings. The van der Waals surface area contributed by atoms with Gasteiger partial charge in [-0.05, 0) is 48.3 Å². The minimum atomic E-state index is -0.969. The molecule has 0 saturated carbocycles. The molecule has 0 fully saturated rings. The molecule has 2 aromatic carbocycles. The number of benzene rings is 2. The van der Waals surface area contributed by atoms with Crippen molar-refractivity contribution in [3.63, 3.8) is 0 Å². The zero-order chi connectivity index (χ0) is 20.4. The van der Waals surface area contributed by atoms with Crippen LogP contribution in [0.2, 0.25) is 0 Å². The lowest BCUT2D eigenvalue weighted by molar-refractivity contribution is 0.388. The molecular formula is C19H12F4N4OS. The molecule has 0 saturated heterocycles. The first kappa shape index (κ1) is 19.1. The van der Waals surface area contributed by atoms with Gasteiger partial charge in [-0.3, -0.25) is 9.71 Å². The third-order valence-electron chi connectivity index (χ3n) is 3.92. The molecular weight excluding hydrogens is 408 g/mol. The number of hydrogen-bond donors (Lipinski definition) is 2. The van der Waals surface area contributed by atoms with Gasteiger partial charge < -0.3 is 10.1 Å². The Morgan fingerprint density at radius 3 is 2.38 bits per heavy atom. The fourth-order valence-electron chi connectivity index (χ4n) is 2.53. The van der Waals surface area contributed by atoms with Gasteiger partial charge in [-0.25, -0.2) is 22.6 Å². The van der Waals surface area contributed by atoms with Gasteiger partial charge in [0.05, 0.1) is 17.1 Å². The Morgan fingerprint density at radius 1 is 0.897 bits per heavy atom. The van der Waals surface area contributed by atoms with E-state index in [0.29, 0.717) is 4.90 Å². The van der Waals surface area contributed by atoms with Crippen molar-refractivity contribution in [1.29, 1.82) is 0 Å². The van der Waals surface area contributed by atoms with Gasteiger partial charge in [-0.2, -0.15) is 0 Å². The third kappa shape index (κ3) is 3.97. The summed E-state index contributed by atoms with van der Waals surface area (Å²) in [6, 6.07) is 8.49. The second-order valence-electron chi connectivity index (χ2n) is 5.83. The number of para-hydroxylation sites is 1. The van der Waals surface area contributed by atoms with Gasteiger partial charge in [0.2, 0.25) is 5.96 Å². The van der Waals surface area contributed by atoms with E-state index in [0.717, 1.165) is 30.1 Å². The number of aromatic nitrogens is 1. The van der Waals surface area contributed by atoms with Gasteiger partial charge in [-0.15, -0.1) is 0 Å². The van der Waals surface area contributed by atoms with E-state index in [4.69, 9.17) is 4.74 Å². The largest absolute Gasteiger partial charge is 0.446 e. The van der Waals surface area contributed by atoms with E-state index in [1.54, 1.807) is 0 Å². The molecule has 1 aliphatic heterocycles. The van der Waals surface area contributed by atoms with Crippen molar-refractivity contribution < 1.29 is 22.3 Å². The molecule has 0 aliphatic carbocycles. The molecule has 4 rings (SSSR count). The zero-order valence-electron chi connectivity index (χ0n) is 14.5. The molecule has 0 radical (unpaired) electrons. The van der Waals surface area contributed by atoms with E-state index in [2.05, 4.69) is 20.0 Å². The third-order valence-corrected chi connectivity index (χ3v) is 4.77. The fraction of sp³-hybridized carbons (Fsp3) is 0.0526. The van der Waals surface area contributed by atoms with Crippen molar-refractivity contribution in [3.8, 4) is 11.5 Å². The van der Waals surface area contributed by atoms with Crippen LogP contribution in [0.1, 0.15) is 5.69 Å². The predicted molar refractivity (Wildman–Crippen MR) is 101 cm³/mol. The number of ether oxygens (including phenoxy) is 1. The van der Waals surface area contributed by atoms with Crippen molar-refractivity contribution in [1.82, 2.24) is 9.71 Å². The highest BCUT2D eigenvalue weighted by atomic mass is 32.2. The topological polar surface area (TPSA) is 58.5 Å². The van der Waals surface area contributed by atoms with Crippen molar-refractivity contribution in [2.45, 2.75) is 11.4 Å². The second kappa shape index (κ2) is 8.00. The Labute approximate surface area is 167 Å². The molecule has 0 amide bonds. The van der Waals surface area contributed by atoms with E-state index in [9.17, 15) is 17.6 Å². The van der Waals surface area contributed by atoms with Crippen molar-refractivity contribution >= 4 is 23.6 Å². The standard InChI is InChI=1S/C19H12F4N4OS/c20-10-5-2-8-24-14(10)9-25-19-26-16-15(29-27-19)7-6-13(23)18(16)28-17-11(21)3-1-4-12(17)22/h1-8H,9H2,(H2,25,26,27). The molecule has 5 nitrogen and oxygen atoms in total. The monoisotopic (exact) mass is 420 g/mol. The van der Waals surface area contributed by atoms with Crippen LogP contribution in [0.5, 0.6) is 11.5 Å². The van der Waals surface area contributed by atoms with E-state index in [-0.39, 0.29) is 23.9 Å². The molecule has 1 aromatic heterocycles. The van der Waals surface area contributed by atoms with Gasteiger partial charge in [0.15, 0.2) is 29.0 Å². The number of hydrogen-bond acceptors (Lipinski definition) is 4. The summed E-state index contributed by atoms with van der Waals surface area (Å²) in [5.41, 5.74) is 0.264. The number of pyridine rings is 1. The number of nitrogens with zero attached hydrogens (tertiary/aromatic N) is 2. The molecule has 2 heterocycles. The summed E-state index contributed by atoms with van der Waals surface area (Å²) in [6.07, 6.45) is 1.44. The minimum absolute atomic E-state index is 0.0780. The summed E-state index contributed by atoms with van der Waals surface area (Å²) in [4.78, 5) is 8.59. The number of aliphatic imine (C=N–C) groups is 1. The van der Waals surface area contributed by atoms with E-state index < -0.39 is 34.8 Å². The lowest BCUT2D eigenvalue weighted by atomic mass is 10.2. The SMILES string of the molecule is Fc1cccnc1CN=C1NSc2ccc(F)c(Oc3c(F)cccc3F)c2N1. The first-order valence-corrected chi connectivity index (χ1v) is 9.12. The highest BCUT2D eigenvalue weighted by Gasteiger charge is 2.24. The van der Waals surface area contributed by atoms with Gasteiger partial charge in [0.1, 0.15) is 11.5 Å². The van der Waals surface area contributed by atoms with Crippen molar-refractivity contribution in [2.75, 3.05) is 5.32 Å². The van der Waals surface area contributed by atoms with Crippen LogP contribution in [0.25, 0.3) is 0 Å². The van der Waals surface area contributed by atoms with Crippen LogP contribution in [-0.2, 0) is 6.54 Å². The van der Waals surface area contributed by atoms with Crippen LogP contribution in [0.3, 0.4) is 0 Å². The molecule has 0 atom stereocenters. The first-order valence-electron chi connectivity index (χ1n) is 8.31. The predicted octanol–water partition coefficient (Wildman–Crippen LogP) is 5.01. The number of rotatable bonds is 4. The maximum Gasteiger partial charge on any atom is 0.206 e. The van der Waals surface area contributed by atoms with Gasteiger partial charge in [-0.1, -0.05) is 6.07 Å². The quantitative estimate of drug-likeness (QED) is 0.459. The lowest BCUT2D eigenvalue weighted by Gasteiger charge is -2.23. The van der Waals surface area contributed by atoms with Crippen LogP contribution in [0.4, 0.5) is 23.2 Å². The molecule has 1 aliphatic rings. The lowest BCUT2D eigenvalue weighted by Crippen LogP contribution is -2.30. The van der Waals surface area contributed by atoms with E-state index >= 15 is 0 Å². The first-order chi connectivity index (χ1) is 14.0. The van der Waals surface area contributed by atoms with Crippen LogP contribution in [0.15, 0.2) is 58.5 Å². The highest BCUT2D eigenvalue weighted by Crippen LogP contribution is 2.41. The van der Waals surface area contributed by atoms with E-state index in [1.165, 1.54) is 30.5 Å². The fourth-order valence-corrected chi connectivity index (χ4v) is 3.24. The summed E-state index contributed by atoms with van der Waals surface area (Å²) < 4.78 is 64.1. The number of anilines is 1. The Hall–Kier alpha value is -3.27. The van der Waals surface area contributed by atoms with Crippen LogP contribution < -0.4 is 14.8 Å². The molecule has 148 valence electrons. The van der Waals surface area contributed by atoms with Crippen LogP contribution in [-0.4, -0.2) is 10.9 Å². The summed E-state index contributed by atoms with van der Waals surface area (Å²) in [6.45, 7) is -0.0780. The molecule has 2 N–H and O–H groups in total. The summed E-state index contributed by atoms with van der Waals surface area (Å²) in [5, 5.41) is 2.81. The van der Waals surface area contributed by atoms with E-state index in [1.807, 2.05) is 0 Å². The van der Waals surface area contributed by atoms with Crippen LogP contribution >= 0.6 is 11.9 Å². The number of halogens is 4. The maximum atomic E-state index is 14.4. The number of nitrogens with one attached hydrogen (secondary N) is 2. The smallest absolute Gasteiger partial charge is 0.206 e. The van der Waals surface area contributed by atoms with Crippen LogP contribution in [0, 0.1) is 23.3 Å². The normalized spacial score (nSPS) is 14.1. The summed E-state index contributed by atoms with van der Waals surface area (Å²) in [5.74, 6) is -4.21. The van der Waals surface area contributed by atoms with Gasteiger partial charge >= 0.3 is 0 Å². The molecule has 0 spiro atoms. The van der Waals surface area contributed by atoms with Gasteiger partial charge in [0, 0.05) is 6.20 Å². The van der Waals surface area contributed by atoms with Crippen molar-refractivity contribution in [2.24, 2.45) is 4.99 Å². The molecule has 0 bridgehead atoms. The average Bonchev–Trinajstić information content (AvgIpc) is 2.71. The Kier molecular flexibility index (Phi) is 5.26. The Balaban J connectivity index is 1.64. The maximum absolute atomic E-state index is 14.4. The zero-order valence-corrected chi connectivity index (χ0v) is 15.4. The Morgan fingerprint density at radius 2 is 1.62 bits per heavy atom. The summed E-state index contributed by atoms with van der Waals surface area (Å²) >= 11 is 1.09. The molecule has 0 unspecified atom stereocenters.